The number of hydrogen-bond donors (Lipinski definition) is 1. The number of likely N-dealkylation sites (tertiary alicyclic amines) is 1. The third-order valence-corrected chi connectivity index (χ3v) is 7.33. The lowest BCUT2D eigenvalue weighted by Crippen LogP contribution is -2.72. The predicted molar refractivity (Wildman–Crippen MR) is 118 cm³/mol. The van der Waals surface area contributed by atoms with Gasteiger partial charge in [0.1, 0.15) is 0 Å². The molecule has 0 radical (unpaired) electrons. The Morgan fingerprint density at radius 3 is 2.57 bits per heavy atom. The van der Waals surface area contributed by atoms with E-state index in [9.17, 15) is 9.90 Å². The normalized spacial score (nSPS) is 29.1. The fourth-order valence-corrected chi connectivity index (χ4v) is 5.55. The number of aliphatic hydroxyl groups is 1. The number of piperazine rings is 1. The first-order valence-corrected chi connectivity index (χ1v) is 11.7. The molecule has 3 heterocycles. The molecular formula is C22H31Cl2N3O3. The number of aliphatic hydroxyl groups excluding tert-OH is 1. The number of β-amino-alcohol motifs (C(OH)–C–C–N with tert-alkyl or cyclic N) is 1. The fourth-order valence-electron chi connectivity index (χ4n) is 5.23. The van der Waals surface area contributed by atoms with E-state index in [1.165, 1.54) is 12.8 Å². The summed E-state index contributed by atoms with van der Waals surface area (Å²) in [5.41, 5.74) is 0.877. The van der Waals surface area contributed by atoms with Crippen LogP contribution in [0.3, 0.4) is 0 Å². The number of nitrogens with zero attached hydrogens (tertiary/aromatic N) is 3. The van der Waals surface area contributed by atoms with Crippen LogP contribution in [0.25, 0.3) is 0 Å². The number of hydrogen-bond acceptors (Lipinski definition) is 5. The number of rotatable bonds is 5. The molecule has 1 aromatic carbocycles. The molecule has 0 spiro atoms. The Labute approximate surface area is 188 Å². The van der Waals surface area contributed by atoms with E-state index < -0.39 is 6.10 Å². The summed E-state index contributed by atoms with van der Waals surface area (Å²) in [4.78, 5) is 20.3. The summed E-state index contributed by atoms with van der Waals surface area (Å²) in [5.74, 6) is 0.117. The number of halogens is 2. The molecule has 3 aliphatic heterocycles. The highest BCUT2D eigenvalue weighted by molar-refractivity contribution is 6.42. The lowest BCUT2D eigenvalue weighted by Gasteiger charge is -2.54. The van der Waals surface area contributed by atoms with Gasteiger partial charge < -0.3 is 14.7 Å². The summed E-state index contributed by atoms with van der Waals surface area (Å²) in [6.07, 6.45) is 2.30. The Bertz CT molecular complexity index is 757. The van der Waals surface area contributed by atoms with Crippen LogP contribution in [0.1, 0.15) is 25.3 Å². The monoisotopic (exact) mass is 455 g/mol. The van der Waals surface area contributed by atoms with Gasteiger partial charge in [0.15, 0.2) is 0 Å². The van der Waals surface area contributed by atoms with Crippen LogP contribution in [-0.2, 0) is 16.0 Å². The molecule has 8 heteroatoms. The molecule has 3 fully saturated rings. The number of fused-ring (bicyclic) bond motifs is 1. The van der Waals surface area contributed by atoms with E-state index in [1.807, 2.05) is 13.0 Å². The van der Waals surface area contributed by atoms with Gasteiger partial charge in [-0.15, -0.1) is 0 Å². The highest BCUT2D eigenvalue weighted by Crippen LogP contribution is 2.30. The van der Waals surface area contributed by atoms with Gasteiger partial charge in [-0.2, -0.15) is 0 Å². The van der Waals surface area contributed by atoms with Crippen molar-refractivity contribution in [3.8, 4) is 0 Å². The number of ether oxygens (including phenoxy) is 1. The van der Waals surface area contributed by atoms with Crippen molar-refractivity contribution >= 4 is 29.1 Å². The number of amides is 1. The smallest absolute Gasteiger partial charge is 0.227 e. The summed E-state index contributed by atoms with van der Waals surface area (Å²) in [6, 6.07) is 5.77. The van der Waals surface area contributed by atoms with Gasteiger partial charge in [0, 0.05) is 19.6 Å². The van der Waals surface area contributed by atoms with Crippen LogP contribution in [0.4, 0.5) is 0 Å². The van der Waals surface area contributed by atoms with Crippen LogP contribution >= 0.6 is 23.2 Å². The molecule has 0 aromatic heterocycles. The second-order valence-electron chi connectivity index (χ2n) is 8.76. The van der Waals surface area contributed by atoms with Crippen molar-refractivity contribution in [1.29, 1.82) is 0 Å². The van der Waals surface area contributed by atoms with Crippen LogP contribution in [0.2, 0.25) is 10.0 Å². The van der Waals surface area contributed by atoms with Gasteiger partial charge in [-0.3, -0.25) is 14.6 Å². The van der Waals surface area contributed by atoms with E-state index in [-0.39, 0.29) is 24.0 Å². The standard InChI is InChI=1S/C22H31Cl2N3O3/c1-15(28)12-26-8-9-27(21(29)11-16-4-5-17(23)18(24)10-16)22-19(13-30-14-20(22)26)25-6-2-3-7-25/h4-5,10,15,19-20,22,28H,2-3,6-9,11-14H2,1H3/t15?,19-,20+,22+/m0/s1. The Hall–Kier alpha value is -0.890. The molecule has 4 rings (SSSR count). The quantitative estimate of drug-likeness (QED) is 0.737. The second-order valence-corrected chi connectivity index (χ2v) is 9.58. The average molecular weight is 456 g/mol. The zero-order valence-corrected chi connectivity index (χ0v) is 19.0. The molecule has 6 nitrogen and oxygen atoms in total. The molecule has 166 valence electrons. The van der Waals surface area contributed by atoms with Crippen molar-refractivity contribution in [2.75, 3.05) is 45.9 Å². The number of carbonyl (C=O) groups excluding carboxylic acids is 1. The molecule has 4 atom stereocenters. The summed E-state index contributed by atoms with van der Waals surface area (Å²) in [6.45, 7) is 7.20. The minimum absolute atomic E-state index is 0.0691. The van der Waals surface area contributed by atoms with E-state index in [1.54, 1.807) is 12.1 Å². The topological polar surface area (TPSA) is 56.3 Å². The number of carbonyl (C=O) groups is 1. The van der Waals surface area contributed by atoms with Crippen LogP contribution in [0, 0.1) is 0 Å². The fraction of sp³-hybridized carbons (Fsp3) is 0.682. The number of benzene rings is 1. The largest absolute Gasteiger partial charge is 0.392 e. The maximum Gasteiger partial charge on any atom is 0.227 e. The Morgan fingerprint density at radius 1 is 1.13 bits per heavy atom. The molecule has 1 N–H and O–H groups in total. The summed E-state index contributed by atoms with van der Waals surface area (Å²) < 4.78 is 6.02. The lowest BCUT2D eigenvalue weighted by atomic mass is 9.90. The zero-order valence-electron chi connectivity index (χ0n) is 17.5. The summed E-state index contributed by atoms with van der Waals surface area (Å²) >= 11 is 12.2. The van der Waals surface area contributed by atoms with E-state index in [0.29, 0.717) is 42.8 Å². The lowest BCUT2D eigenvalue weighted by molar-refractivity contribution is -0.153. The van der Waals surface area contributed by atoms with Crippen molar-refractivity contribution in [1.82, 2.24) is 14.7 Å². The molecule has 30 heavy (non-hydrogen) atoms. The molecule has 1 amide bonds. The molecule has 3 aliphatic rings. The highest BCUT2D eigenvalue weighted by Gasteiger charge is 2.47. The van der Waals surface area contributed by atoms with Crippen molar-refractivity contribution < 1.29 is 14.6 Å². The van der Waals surface area contributed by atoms with Gasteiger partial charge in [0.25, 0.3) is 0 Å². The maximum atomic E-state index is 13.4. The van der Waals surface area contributed by atoms with Crippen molar-refractivity contribution in [3.63, 3.8) is 0 Å². The van der Waals surface area contributed by atoms with Crippen molar-refractivity contribution in [3.05, 3.63) is 33.8 Å². The van der Waals surface area contributed by atoms with E-state index in [4.69, 9.17) is 27.9 Å². The second kappa shape index (κ2) is 9.72. The maximum absolute atomic E-state index is 13.4. The van der Waals surface area contributed by atoms with Crippen LogP contribution in [0.5, 0.6) is 0 Å². The molecule has 0 bridgehead atoms. The van der Waals surface area contributed by atoms with E-state index in [0.717, 1.165) is 25.2 Å². The Balaban J connectivity index is 1.57. The average Bonchev–Trinajstić information content (AvgIpc) is 3.25. The minimum Gasteiger partial charge on any atom is -0.392 e. The van der Waals surface area contributed by atoms with Gasteiger partial charge in [-0.1, -0.05) is 29.3 Å². The highest BCUT2D eigenvalue weighted by atomic mass is 35.5. The van der Waals surface area contributed by atoms with Gasteiger partial charge in [-0.25, -0.2) is 0 Å². The van der Waals surface area contributed by atoms with Gasteiger partial charge in [-0.05, 0) is 50.6 Å². The van der Waals surface area contributed by atoms with E-state index in [2.05, 4.69) is 14.7 Å². The van der Waals surface area contributed by atoms with Crippen LogP contribution < -0.4 is 0 Å². The predicted octanol–water partition coefficient (Wildman–Crippen LogP) is 2.29. The van der Waals surface area contributed by atoms with Gasteiger partial charge in [0.2, 0.25) is 5.91 Å². The SMILES string of the molecule is CC(O)CN1CCN(C(=O)Cc2ccc(Cl)c(Cl)c2)[C@H]2[C@H]1COC[C@@H]2N1CCCC1. The third-order valence-electron chi connectivity index (χ3n) is 6.59. The van der Waals surface area contributed by atoms with Crippen molar-refractivity contribution in [2.45, 2.75) is 50.4 Å². The van der Waals surface area contributed by atoms with E-state index >= 15 is 0 Å². The first kappa shape index (κ1) is 22.3. The van der Waals surface area contributed by atoms with Crippen LogP contribution in [-0.4, -0.2) is 95.9 Å². The summed E-state index contributed by atoms with van der Waals surface area (Å²) in [5, 5.41) is 11.0. The molecule has 1 aromatic rings. The Morgan fingerprint density at radius 2 is 1.87 bits per heavy atom. The van der Waals surface area contributed by atoms with Crippen LogP contribution in [0.15, 0.2) is 18.2 Å². The minimum atomic E-state index is -0.406. The molecule has 0 aliphatic carbocycles. The molecular weight excluding hydrogens is 425 g/mol. The van der Waals surface area contributed by atoms with Crippen molar-refractivity contribution in [2.24, 2.45) is 0 Å². The summed E-state index contributed by atoms with van der Waals surface area (Å²) in [7, 11) is 0. The van der Waals surface area contributed by atoms with Gasteiger partial charge >= 0.3 is 0 Å². The first-order valence-electron chi connectivity index (χ1n) is 10.9. The molecule has 0 saturated carbocycles. The molecule has 3 saturated heterocycles. The third kappa shape index (κ3) is 4.79. The first-order chi connectivity index (χ1) is 14.4. The zero-order chi connectivity index (χ0) is 21.3. The van der Waals surface area contributed by atoms with Gasteiger partial charge in [0.05, 0.1) is 53.9 Å². The molecule has 1 unspecified atom stereocenters. The Kier molecular flexibility index (Phi) is 7.23.